The van der Waals surface area contributed by atoms with Crippen LogP contribution in [0.3, 0.4) is 0 Å². The Morgan fingerprint density at radius 1 is 1.12 bits per heavy atom. The van der Waals surface area contributed by atoms with Gasteiger partial charge in [-0.25, -0.2) is 28.2 Å². The van der Waals surface area contributed by atoms with E-state index in [2.05, 4.69) is 24.2 Å². The van der Waals surface area contributed by atoms with Gasteiger partial charge in [0.15, 0.2) is 11.2 Å². The first-order valence-electron chi connectivity index (χ1n) is 13.1. The minimum absolute atomic E-state index is 0.0160. The molecule has 5 atom stereocenters. The summed E-state index contributed by atoms with van der Waals surface area (Å²) in [5.41, 5.74) is 6.65. The van der Waals surface area contributed by atoms with Gasteiger partial charge in [-0.3, -0.25) is 9.09 Å². The Balaban J connectivity index is 1.74. The molecule has 1 aliphatic rings. The van der Waals surface area contributed by atoms with Gasteiger partial charge in [-0.1, -0.05) is 6.92 Å². The van der Waals surface area contributed by atoms with Gasteiger partial charge < -0.3 is 34.2 Å². The molecule has 2 aromatic rings. The summed E-state index contributed by atoms with van der Waals surface area (Å²) < 4.78 is 61.8. The van der Waals surface area contributed by atoms with Gasteiger partial charge in [-0.15, -0.1) is 9.24 Å². The molecule has 43 heavy (non-hydrogen) atoms. The number of phosphoric ester groups is 1. The SMILES string of the molecule is CCOc1nc(N)nc2c1ncn2[C@@H]1OC(COP(=O)(OCOC(=O)OC(C)C)OCOC(=O)OC(C)C)[C@@H](S)[C@@]1(C)P. The second-order valence-corrected chi connectivity index (χ2v) is 13.3. The third-order valence-corrected chi connectivity index (χ3v) is 8.72. The molecule has 0 aliphatic carbocycles. The maximum absolute atomic E-state index is 13.4. The van der Waals surface area contributed by atoms with E-state index in [1.54, 1.807) is 39.2 Å². The van der Waals surface area contributed by atoms with Gasteiger partial charge in [0.25, 0.3) is 0 Å². The van der Waals surface area contributed by atoms with Crippen LogP contribution < -0.4 is 10.5 Å². The van der Waals surface area contributed by atoms with E-state index < -0.39 is 68.7 Å². The Bertz CT molecular complexity index is 1280. The van der Waals surface area contributed by atoms with Gasteiger partial charge in [0.1, 0.15) is 6.23 Å². The summed E-state index contributed by atoms with van der Waals surface area (Å²) in [6.45, 7) is 8.38. The number of thiol groups is 1. The lowest BCUT2D eigenvalue weighted by Crippen LogP contribution is -2.35. The van der Waals surface area contributed by atoms with Crippen molar-refractivity contribution in [3.05, 3.63) is 6.33 Å². The van der Waals surface area contributed by atoms with Crippen LogP contribution in [0.2, 0.25) is 0 Å². The quantitative estimate of drug-likeness (QED) is 0.127. The highest BCUT2D eigenvalue weighted by atomic mass is 32.1. The summed E-state index contributed by atoms with van der Waals surface area (Å²) in [6, 6.07) is 0. The predicted molar refractivity (Wildman–Crippen MR) is 157 cm³/mol. The summed E-state index contributed by atoms with van der Waals surface area (Å²) in [7, 11) is -1.83. The van der Waals surface area contributed by atoms with Crippen LogP contribution >= 0.6 is 29.7 Å². The zero-order valence-corrected chi connectivity index (χ0v) is 27.5. The Hall–Kier alpha value is -2.46. The second kappa shape index (κ2) is 15.0. The molecule has 1 saturated heterocycles. The van der Waals surface area contributed by atoms with E-state index in [1.165, 1.54) is 6.33 Å². The zero-order chi connectivity index (χ0) is 31.9. The molecule has 17 nitrogen and oxygen atoms in total. The number of carbonyl (C=O) groups excluding carboxylic acids is 2. The fourth-order valence-electron chi connectivity index (χ4n) is 3.75. The van der Waals surface area contributed by atoms with Crippen LogP contribution in [-0.2, 0) is 41.8 Å². The molecule has 0 amide bonds. The van der Waals surface area contributed by atoms with E-state index in [4.69, 9.17) is 60.4 Å². The number of ether oxygens (including phenoxy) is 6. The van der Waals surface area contributed by atoms with E-state index in [9.17, 15) is 14.2 Å². The van der Waals surface area contributed by atoms with Crippen molar-refractivity contribution >= 4 is 59.1 Å². The summed E-state index contributed by atoms with van der Waals surface area (Å²) in [5, 5.41) is -1.26. The molecule has 2 aromatic heterocycles. The van der Waals surface area contributed by atoms with Crippen LogP contribution in [0.4, 0.5) is 15.5 Å². The number of hydrogen-bond acceptors (Lipinski definition) is 17. The third kappa shape index (κ3) is 9.27. The predicted octanol–water partition coefficient (Wildman–Crippen LogP) is 3.83. The van der Waals surface area contributed by atoms with Crippen molar-refractivity contribution < 1.29 is 56.1 Å². The first-order chi connectivity index (χ1) is 20.2. The molecule has 20 heteroatoms. The largest absolute Gasteiger partial charge is 0.510 e. The lowest BCUT2D eigenvalue weighted by Gasteiger charge is -2.29. The standard InChI is InChI=1S/C23H37N5O12P2S/c1-7-32-18-15-17(26-20(24)27-18)28(9-25-15)19-23(6,41)16(43)14(40-19)8-35-42(31,36-10-33-21(29)38-12(2)3)37-11-34-22(30)39-13(4)5/h9,12-14,16,19,43H,7-8,10-11,41H2,1-6H3,(H2,24,26,27)/t14?,16-,19-,23-/m1/s1. The Kier molecular flexibility index (Phi) is 12.2. The molecule has 0 bridgehead atoms. The molecule has 0 radical (unpaired) electrons. The van der Waals surface area contributed by atoms with Gasteiger partial charge in [-0.2, -0.15) is 22.6 Å². The molecular formula is C23H37N5O12P2S. The van der Waals surface area contributed by atoms with Crippen LogP contribution in [-0.4, -0.2) is 87.3 Å². The number of nitrogen functional groups attached to an aromatic ring is 1. The molecule has 0 saturated carbocycles. The molecule has 1 aliphatic heterocycles. The monoisotopic (exact) mass is 669 g/mol. The summed E-state index contributed by atoms with van der Waals surface area (Å²) >= 11 is 4.73. The Morgan fingerprint density at radius 3 is 2.23 bits per heavy atom. The molecule has 2 N–H and O–H groups in total. The number of rotatable bonds is 14. The Labute approximate surface area is 255 Å². The normalized spacial score (nSPS) is 22.2. The molecule has 3 heterocycles. The number of anilines is 1. The highest BCUT2D eigenvalue weighted by Gasteiger charge is 2.51. The fraction of sp³-hybridized carbons (Fsp3) is 0.696. The summed E-state index contributed by atoms with van der Waals surface area (Å²) in [6.07, 6.45) is -3.07. The van der Waals surface area contributed by atoms with Crippen LogP contribution in [0.1, 0.15) is 47.8 Å². The van der Waals surface area contributed by atoms with Crippen molar-refractivity contribution in [2.45, 2.75) is 76.5 Å². The molecule has 2 unspecified atom stereocenters. The lowest BCUT2D eigenvalue weighted by molar-refractivity contribution is -0.0585. The van der Waals surface area contributed by atoms with Crippen LogP contribution in [0, 0.1) is 0 Å². The highest BCUT2D eigenvalue weighted by molar-refractivity contribution is 7.81. The smallest absolute Gasteiger partial charge is 0.476 e. The number of nitrogens with two attached hydrogens (primary N) is 1. The van der Waals surface area contributed by atoms with Crippen molar-refractivity contribution in [1.29, 1.82) is 0 Å². The summed E-state index contributed by atoms with van der Waals surface area (Å²) in [4.78, 5) is 36.2. The number of imidazole rings is 1. The van der Waals surface area contributed by atoms with Gasteiger partial charge >= 0.3 is 20.1 Å². The number of aromatic nitrogens is 4. The number of hydrogen-bond donors (Lipinski definition) is 2. The van der Waals surface area contributed by atoms with Gasteiger partial charge in [-0.05, 0) is 34.6 Å². The Morgan fingerprint density at radius 2 is 1.70 bits per heavy atom. The van der Waals surface area contributed by atoms with E-state index in [0.29, 0.717) is 17.8 Å². The number of nitrogens with zero attached hydrogens (tertiary/aromatic N) is 4. The van der Waals surface area contributed by atoms with Crippen molar-refractivity contribution in [3.63, 3.8) is 0 Å². The number of phosphoric acid groups is 1. The van der Waals surface area contributed by atoms with Gasteiger partial charge in [0.2, 0.25) is 25.4 Å². The second-order valence-electron chi connectivity index (χ2n) is 9.84. The van der Waals surface area contributed by atoms with Crippen molar-refractivity contribution in [2.75, 3.05) is 32.5 Å². The van der Waals surface area contributed by atoms with Crippen LogP contribution in [0.25, 0.3) is 11.2 Å². The van der Waals surface area contributed by atoms with Crippen LogP contribution in [0.5, 0.6) is 5.88 Å². The van der Waals surface area contributed by atoms with E-state index >= 15 is 0 Å². The fourth-order valence-corrected chi connectivity index (χ4v) is 5.41. The first kappa shape index (κ1) is 35.0. The summed E-state index contributed by atoms with van der Waals surface area (Å²) in [5.74, 6) is 0.210. The van der Waals surface area contributed by atoms with Crippen molar-refractivity contribution in [3.8, 4) is 5.88 Å². The molecular weight excluding hydrogens is 632 g/mol. The average Bonchev–Trinajstić information content (AvgIpc) is 3.40. The number of fused-ring (bicyclic) bond motifs is 1. The first-order valence-corrected chi connectivity index (χ1v) is 15.7. The molecule has 3 rings (SSSR count). The van der Waals surface area contributed by atoms with Crippen molar-refractivity contribution in [1.82, 2.24) is 19.5 Å². The molecule has 1 fully saturated rings. The zero-order valence-electron chi connectivity index (χ0n) is 24.5. The van der Waals surface area contributed by atoms with Crippen LogP contribution in [0.15, 0.2) is 6.33 Å². The van der Waals surface area contributed by atoms with Crippen molar-refractivity contribution in [2.24, 2.45) is 0 Å². The van der Waals surface area contributed by atoms with Gasteiger partial charge in [0, 0.05) is 10.4 Å². The maximum atomic E-state index is 13.4. The van der Waals surface area contributed by atoms with Gasteiger partial charge in [0.05, 0.1) is 37.9 Å². The lowest BCUT2D eigenvalue weighted by atomic mass is 10.0. The third-order valence-electron chi connectivity index (χ3n) is 5.60. The average molecular weight is 670 g/mol. The minimum Gasteiger partial charge on any atom is -0.476 e. The van der Waals surface area contributed by atoms with E-state index in [0.717, 1.165) is 0 Å². The molecule has 0 aromatic carbocycles. The topological polar surface area (TPSA) is 204 Å². The maximum Gasteiger partial charge on any atom is 0.510 e. The molecule has 0 spiro atoms. The van der Waals surface area contributed by atoms with E-state index in [1.807, 2.05) is 6.92 Å². The minimum atomic E-state index is -4.52. The van der Waals surface area contributed by atoms with E-state index in [-0.39, 0.29) is 18.4 Å². The molecule has 242 valence electrons. The number of carbonyl (C=O) groups is 2. The highest BCUT2D eigenvalue weighted by Crippen LogP contribution is 2.53.